The summed E-state index contributed by atoms with van der Waals surface area (Å²) in [7, 11) is 0. The van der Waals surface area contributed by atoms with Gasteiger partial charge in [0, 0.05) is 24.6 Å². The van der Waals surface area contributed by atoms with Gasteiger partial charge in [-0.05, 0) is 34.9 Å². The number of aromatic nitrogens is 2. The number of hydrogen-bond donors (Lipinski definition) is 1. The van der Waals surface area contributed by atoms with Crippen LogP contribution in [0.5, 0.6) is 0 Å². The first-order valence-corrected chi connectivity index (χ1v) is 7.03. The first-order valence-electron chi connectivity index (χ1n) is 7.03. The van der Waals surface area contributed by atoms with Crippen LogP contribution in [-0.4, -0.2) is 16.1 Å². The van der Waals surface area contributed by atoms with Gasteiger partial charge in [0.15, 0.2) is 0 Å². The maximum absolute atomic E-state index is 11.7. The summed E-state index contributed by atoms with van der Waals surface area (Å²) >= 11 is 0. The van der Waals surface area contributed by atoms with Gasteiger partial charge in [0.2, 0.25) is 11.8 Å². The van der Waals surface area contributed by atoms with Gasteiger partial charge in [-0.15, -0.1) is 10.2 Å². The Morgan fingerprint density at radius 3 is 2.64 bits per heavy atom. The molecule has 0 fully saturated rings. The van der Waals surface area contributed by atoms with Gasteiger partial charge in [-0.3, -0.25) is 4.79 Å². The summed E-state index contributed by atoms with van der Waals surface area (Å²) in [5.74, 6) is 1.03. The number of nitrogens with zero attached hydrogens (tertiary/aromatic N) is 2. The molecule has 3 aromatic rings. The Labute approximate surface area is 127 Å². The van der Waals surface area contributed by atoms with Crippen LogP contribution in [0.15, 0.2) is 46.9 Å². The first kappa shape index (κ1) is 12.8. The molecule has 5 heteroatoms. The molecule has 0 radical (unpaired) electrons. The highest BCUT2D eigenvalue weighted by Crippen LogP contribution is 2.33. The molecule has 0 aliphatic carbocycles. The van der Waals surface area contributed by atoms with Crippen molar-refractivity contribution in [2.24, 2.45) is 0 Å². The van der Waals surface area contributed by atoms with E-state index in [0.717, 1.165) is 27.8 Å². The fourth-order valence-electron chi connectivity index (χ4n) is 2.73. The Balaban J connectivity index is 1.85. The summed E-state index contributed by atoms with van der Waals surface area (Å²) in [6.07, 6.45) is 0. The number of rotatable bonds is 2. The van der Waals surface area contributed by atoms with Crippen molar-refractivity contribution in [3.05, 3.63) is 59.5 Å². The molecule has 2 heterocycles. The second-order valence-electron chi connectivity index (χ2n) is 5.23. The normalized spacial score (nSPS) is 13.0. The molecule has 0 spiro atoms. The Morgan fingerprint density at radius 1 is 1.05 bits per heavy atom. The van der Waals surface area contributed by atoms with E-state index in [9.17, 15) is 4.79 Å². The lowest BCUT2D eigenvalue weighted by Gasteiger charge is -2.08. The van der Waals surface area contributed by atoms with Crippen molar-refractivity contribution >= 4 is 5.91 Å². The molecule has 5 nitrogen and oxygen atoms in total. The van der Waals surface area contributed by atoms with Crippen molar-refractivity contribution in [2.45, 2.75) is 13.5 Å². The van der Waals surface area contributed by atoms with E-state index in [2.05, 4.69) is 15.5 Å². The number of hydrogen-bond acceptors (Lipinski definition) is 4. The van der Waals surface area contributed by atoms with E-state index in [1.165, 1.54) is 0 Å². The van der Waals surface area contributed by atoms with Gasteiger partial charge in [-0.1, -0.05) is 24.3 Å². The highest BCUT2D eigenvalue weighted by molar-refractivity contribution is 5.99. The van der Waals surface area contributed by atoms with Gasteiger partial charge >= 0.3 is 0 Å². The van der Waals surface area contributed by atoms with E-state index in [1.807, 2.05) is 42.5 Å². The minimum absolute atomic E-state index is 0.0117. The molecule has 108 valence electrons. The molecule has 1 aromatic heterocycles. The zero-order chi connectivity index (χ0) is 15.1. The smallest absolute Gasteiger partial charge is 0.251 e. The van der Waals surface area contributed by atoms with E-state index in [4.69, 9.17) is 4.42 Å². The summed E-state index contributed by atoms with van der Waals surface area (Å²) in [6.45, 7) is 2.34. The standard InChI is InChI=1S/C17H13N3O2/c1-10-19-20-17(22-10)15-5-3-2-4-13(15)11-6-7-14-12(8-11)9-18-16(14)21/h2-8H,9H2,1H3,(H,18,21). The van der Waals surface area contributed by atoms with Gasteiger partial charge in [0.05, 0.1) is 0 Å². The van der Waals surface area contributed by atoms with Crippen LogP contribution in [0.3, 0.4) is 0 Å². The van der Waals surface area contributed by atoms with Crippen LogP contribution in [0.4, 0.5) is 0 Å². The van der Waals surface area contributed by atoms with Crippen molar-refractivity contribution in [3.63, 3.8) is 0 Å². The minimum Gasteiger partial charge on any atom is -0.421 e. The summed E-state index contributed by atoms with van der Waals surface area (Å²) in [5.41, 5.74) is 4.68. The van der Waals surface area contributed by atoms with E-state index >= 15 is 0 Å². The second kappa shape index (κ2) is 4.80. The molecule has 1 amide bonds. The van der Waals surface area contributed by atoms with Crippen molar-refractivity contribution in [3.8, 4) is 22.6 Å². The van der Waals surface area contributed by atoms with Gasteiger partial charge in [-0.2, -0.15) is 0 Å². The molecule has 0 saturated heterocycles. The van der Waals surface area contributed by atoms with Crippen LogP contribution in [0, 0.1) is 6.92 Å². The summed E-state index contributed by atoms with van der Waals surface area (Å²) < 4.78 is 5.55. The Bertz CT molecular complexity index is 883. The van der Waals surface area contributed by atoms with Crippen LogP contribution in [0.1, 0.15) is 21.8 Å². The lowest BCUT2D eigenvalue weighted by molar-refractivity contribution is 0.0966. The molecule has 4 rings (SSSR count). The van der Waals surface area contributed by atoms with Gasteiger partial charge in [0.1, 0.15) is 0 Å². The Hall–Kier alpha value is -2.95. The summed E-state index contributed by atoms with van der Waals surface area (Å²) in [5, 5.41) is 10.8. The molecule has 0 bridgehead atoms. The number of benzene rings is 2. The third-order valence-corrected chi connectivity index (χ3v) is 3.78. The van der Waals surface area contributed by atoms with Crippen molar-refractivity contribution in [1.82, 2.24) is 15.5 Å². The average Bonchev–Trinajstić information content (AvgIpc) is 3.13. The van der Waals surface area contributed by atoms with Crippen molar-refractivity contribution in [2.75, 3.05) is 0 Å². The summed E-state index contributed by atoms with van der Waals surface area (Å²) in [6, 6.07) is 13.7. The quantitative estimate of drug-likeness (QED) is 0.788. The van der Waals surface area contributed by atoms with Crippen LogP contribution in [0.25, 0.3) is 22.6 Å². The lowest BCUT2D eigenvalue weighted by atomic mass is 9.96. The number of aryl methyl sites for hydroxylation is 1. The highest BCUT2D eigenvalue weighted by Gasteiger charge is 2.20. The fraction of sp³-hybridized carbons (Fsp3) is 0.118. The maximum Gasteiger partial charge on any atom is 0.251 e. The number of amides is 1. The zero-order valence-corrected chi connectivity index (χ0v) is 12.0. The molecule has 1 N–H and O–H groups in total. The molecular weight excluding hydrogens is 278 g/mol. The molecule has 1 aliphatic rings. The largest absolute Gasteiger partial charge is 0.421 e. The molecule has 0 saturated carbocycles. The Kier molecular flexibility index (Phi) is 2.79. The van der Waals surface area contributed by atoms with Crippen molar-refractivity contribution < 1.29 is 9.21 Å². The zero-order valence-electron chi connectivity index (χ0n) is 12.0. The monoisotopic (exact) mass is 291 g/mol. The molecule has 1 aliphatic heterocycles. The first-order chi connectivity index (χ1) is 10.7. The maximum atomic E-state index is 11.7. The van der Waals surface area contributed by atoms with Gasteiger partial charge in [-0.25, -0.2) is 0 Å². The predicted octanol–water partition coefficient (Wildman–Crippen LogP) is 2.96. The fourth-order valence-corrected chi connectivity index (χ4v) is 2.73. The van der Waals surface area contributed by atoms with Gasteiger partial charge < -0.3 is 9.73 Å². The average molecular weight is 291 g/mol. The van der Waals surface area contributed by atoms with Crippen LogP contribution >= 0.6 is 0 Å². The van der Waals surface area contributed by atoms with E-state index in [0.29, 0.717) is 18.3 Å². The molecule has 0 atom stereocenters. The molecule has 2 aromatic carbocycles. The topological polar surface area (TPSA) is 68.0 Å². The van der Waals surface area contributed by atoms with Crippen LogP contribution < -0.4 is 5.32 Å². The van der Waals surface area contributed by atoms with E-state index in [1.54, 1.807) is 6.92 Å². The van der Waals surface area contributed by atoms with E-state index < -0.39 is 0 Å². The number of fused-ring (bicyclic) bond motifs is 1. The van der Waals surface area contributed by atoms with Crippen molar-refractivity contribution in [1.29, 1.82) is 0 Å². The van der Waals surface area contributed by atoms with Crippen LogP contribution in [-0.2, 0) is 6.54 Å². The molecule has 0 unspecified atom stereocenters. The second-order valence-corrected chi connectivity index (χ2v) is 5.23. The minimum atomic E-state index is -0.0117. The SMILES string of the molecule is Cc1nnc(-c2ccccc2-c2ccc3c(c2)CNC3=O)o1. The van der Waals surface area contributed by atoms with Crippen LogP contribution in [0.2, 0.25) is 0 Å². The predicted molar refractivity (Wildman–Crippen MR) is 81.1 cm³/mol. The Morgan fingerprint density at radius 2 is 1.86 bits per heavy atom. The third-order valence-electron chi connectivity index (χ3n) is 3.78. The van der Waals surface area contributed by atoms with Gasteiger partial charge in [0.25, 0.3) is 5.91 Å². The molecular formula is C17H13N3O2. The third kappa shape index (κ3) is 1.98. The number of nitrogens with one attached hydrogen (secondary N) is 1. The number of carbonyl (C=O) groups excluding carboxylic acids is 1. The lowest BCUT2D eigenvalue weighted by Crippen LogP contribution is -2.12. The summed E-state index contributed by atoms with van der Waals surface area (Å²) in [4.78, 5) is 11.7. The number of carbonyl (C=O) groups is 1. The highest BCUT2D eigenvalue weighted by atomic mass is 16.4. The molecule has 22 heavy (non-hydrogen) atoms. The van der Waals surface area contributed by atoms with E-state index in [-0.39, 0.29) is 5.91 Å².